The number of urea groups is 1. The van der Waals surface area contributed by atoms with Crippen LogP contribution in [0.4, 0.5) is 9.18 Å². The third-order valence-electron chi connectivity index (χ3n) is 9.38. The van der Waals surface area contributed by atoms with Crippen LogP contribution >= 0.6 is 0 Å². The van der Waals surface area contributed by atoms with Gasteiger partial charge in [0.2, 0.25) is 11.4 Å². The topological polar surface area (TPSA) is 216 Å². The third kappa shape index (κ3) is 6.28. The summed E-state index contributed by atoms with van der Waals surface area (Å²) in [5.74, 6) is -7.42. The van der Waals surface area contributed by atoms with Crippen molar-refractivity contribution in [2.45, 2.75) is 117 Å². The van der Waals surface area contributed by atoms with E-state index in [1.54, 1.807) is 13.8 Å². The standard InChI is InChI=1S/C30H41FN2O15/c1-13(34)43-12-19(45-15(3)36)21(47-17(5)38)22-20(46-16(4)37)18(44-14(2)35)11-29(48-22,25(40)42-10)33-23-27(6,7)28(8,9)30(23,31)24(39)32-26(33)41/h18-23H,11-12H2,1-10H3,(H,32,39,41)/t18-,19+,20+,21+,22+,23-,29+,30-/m0/s1. The molecule has 8 atom stereocenters. The summed E-state index contributed by atoms with van der Waals surface area (Å²) >= 11 is 0. The highest BCUT2D eigenvalue weighted by Crippen LogP contribution is 2.68. The SMILES string of the molecule is COC(=O)[C@@]1(N2C(=O)NC(=O)[C@@]3(F)[C@@H]2C(C)(C)C3(C)C)C[C@H](OC(C)=O)[C@@H](OC(C)=O)[C@H]([C@H](OC(C)=O)[C@@H](COC(C)=O)OC(C)=O)O1. The average Bonchev–Trinajstić information content (AvgIpc) is 2.95. The Morgan fingerprint density at radius 3 is 1.94 bits per heavy atom. The quantitative estimate of drug-likeness (QED) is 0.246. The first-order valence-electron chi connectivity index (χ1n) is 14.9. The van der Waals surface area contributed by atoms with Crippen molar-refractivity contribution >= 4 is 47.8 Å². The van der Waals surface area contributed by atoms with E-state index >= 15 is 4.39 Å². The molecule has 3 amide bonds. The van der Waals surface area contributed by atoms with Gasteiger partial charge in [0.05, 0.1) is 13.2 Å². The smallest absolute Gasteiger partial charge is 0.360 e. The molecule has 0 radical (unpaired) electrons. The van der Waals surface area contributed by atoms with Crippen molar-refractivity contribution in [3.63, 3.8) is 0 Å². The van der Waals surface area contributed by atoms with Gasteiger partial charge in [0.15, 0.2) is 18.3 Å². The lowest BCUT2D eigenvalue weighted by molar-refractivity contribution is -0.327. The van der Waals surface area contributed by atoms with Crippen LogP contribution in [-0.2, 0) is 66.7 Å². The molecule has 0 aromatic rings. The van der Waals surface area contributed by atoms with Crippen LogP contribution < -0.4 is 5.32 Å². The molecule has 2 aliphatic heterocycles. The van der Waals surface area contributed by atoms with Gasteiger partial charge in [-0.3, -0.25) is 39.0 Å². The number of nitrogens with one attached hydrogen (secondary N) is 1. The zero-order valence-electron chi connectivity index (χ0n) is 28.3. The fourth-order valence-corrected chi connectivity index (χ4v) is 6.77. The van der Waals surface area contributed by atoms with Crippen molar-refractivity contribution in [1.29, 1.82) is 0 Å². The van der Waals surface area contributed by atoms with E-state index in [0.29, 0.717) is 4.90 Å². The van der Waals surface area contributed by atoms with Gasteiger partial charge in [-0.25, -0.2) is 14.0 Å². The molecule has 17 nitrogen and oxygen atoms in total. The summed E-state index contributed by atoms with van der Waals surface area (Å²) in [6, 6.07) is -3.00. The Labute approximate surface area is 275 Å². The van der Waals surface area contributed by atoms with E-state index in [1.165, 1.54) is 13.8 Å². The van der Waals surface area contributed by atoms with E-state index in [2.05, 4.69) is 0 Å². The number of carbonyl (C=O) groups excluding carboxylic acids is 8. The van der Waals surface area contributed by atoms with Crippen LogP contribution in [0.25, 0.3) is 0 Å². The summed E-state index contributed by atoms with van der Waals surface area (Å²) in [5, 5.41) is 1.93. The molecule has 0 bridgehead atoms. The number of ether oxygens (including phenoxy) is 7. The zero-order chi connectivity index (χ0) is 36.7. The summed E-state index contributed by atoms with van der Waals surface area (Å²) in [6.07, 6.45) is -9.98. The van der Waals surface area contributed by atoms with Crippen LogP contribution in [0.1, 0.15) is 68.7 Å². The Kier molecular flexibility index (Phi) is 10.5. The van der Waals surface area contributed by atoms with E-state index in [0.717, 1.165) is 41.7 Å². The van der Waals surface area contributed by atoms with Gasteiger partial charge in [-0.2, -0.15) is 0 Å². The first kappa shape index (κ1) is 38.1. The zero-order valence-corrected chi connectivity index (χ0v) is 28.3. The largest absolute Gasteiger partial charge is 0.465 e. The Morgan fingerprint density at radius 2 is 1.46 bits per heavy atom. The summed E-state index contributed by atoms with van der Waals surface area (Å²) in [7, 11) is 0.916. The van der Waals surface area contributed by atoms with Gasteiger partial charge in [-0.15, -0.1) is 0 Å². The van der Waals surface area contributed by atoms with Crippen molar-refractivity contribution in [3.8, 4) is 0 Å². The molecule has 0 unspecified atom stereocenters. The summed E-state index contributed by atoms with van der Waals surface area (Å²) in [5.41, 5.74) is -8.28. The number of hydrogen-bond donors (Lipinski definition) is 1. The number of nitrogens with zero attached hydrogens (tertiary/aromatic N) is 1. The molecule has 1 N–H and O–H groups in total. The van der Waals surface area contributed by atoms with Crippen LogP contribution in [-0.4, -0.2) is 114 Å². The second kappa shape index (κ2) is 13.3. The molecule has 2 saturated heterocycles. The molecule has 2 heterocycles. The predicted octanol–water partition coefficient (Wildman–Crippen LogP) is 0.629. The fraction of sp³-hybridized carbons (Fsp3) is 0.733. The molecule has 3 aliphatic rings. The van der Waals surface area contributed by atoms with E-state index in [-0.39, 0.29) is 0 Å². The molecule has 268 valence electrons. The lowest BCUT2D eigenvalue weighted by atomic mass is 9.40. The van der Waals surface area contributed by atoms with Crippen molar-refractivity contribution in [2.24, 2.45) is 10.8 Å². The Balaban J connectivity index is 2.39. The molecule has 1 aliphatic carbocycles. The van der Waals surface area contributed by atoms with Gasteiger partial charge in [0.1, 0.15) is 18.8 Å². The number of halogens is 1. The maximum Gasteiger partial charge on any atom is 0.360 e. The van der Waals surface area contributed by atoms with Crippen LogP contribution in [0, 0.1) is 10.8 Å². The number of esters is 6. The highest BCUT2D eigenvalue weighted by Gasteiger charge is 2.83. The van der Waals surface area contributed by atoms with Gasteiger partial charge in [0, 0.05) is 46.5 Å². The molecule has 0 spiro atoms. The van der Waals surface area contributed by atoms with Gasteiger partial charge in [-0.1, -0.05) is 27.7 Å². The Morgan fingerprint density at radius 1 is 0.896 bits per heavy atom. The average molecular weight is 689 g/mol. The first-order chi connectivity index (χ1) is 22.0. The maximum atomic E-state index is 17.0. The van der Waals surface area contributed by atoms with E-state index in [9.17, 15) is 38.4 Å². The maximum absolute atomic E-state index is 17.0. The molecule has 48 heavy (non-hydrogen) atoms. The van der Waals surface area contributed by atoms with E-state index < -0.39 is 120 Å². The van der Waals surface area contributed by atoms with Gasteiger partial charge in [-0.05, 0) is 5.41 Å². The molecule has 18 heteroatoms. The van der Waals surface area contributed by atoms with Gasteiger partial charge >= 0.3 is 41.8 Å². The normalized spacial score (nSPS) is 31.4. The summed E-state index contributed by atoms with van der Waals surface area (Å²) < 4.78 is 55.2. The van der Waals surface area contributed by atoms with Crippen molar-refractivity contribution in [2.75, 3.05) is 13.7 Å². The number of methoxy groups -OCH3 is 1. The van der Waals surface area contributed by atoms with Crippen molar-refractivity contribution < 1.29 is 75.9 Å². The second-order valence-electron chi connectivity index (χ2n) is 12.9. The van der Waals surface area contributed by atoms with E-state index in [4.69, 9.17) is 33.2 Å². The first-order valence-corrected chi connectivity index (χ1v) is 14.9. The van der Waals surface area contributed by atoms with Crippen LogP contribution in [0.3, 0.4) is 0 Å². The van der Waals surface area contributed by atoms with E-state index in [1.807, 2.05) is 5.32 Å². The Hall–Kier alpha value is -4.35. The Bertz CT molecular complexity index is 1400. The number of amides is 3. The summed E-state index contributed by atoms with van der Waals surface area (Å²) in [4.78, 5) is 103. The second-order valence-corrected chi connectivity index (χ2v) is 12.9. The minimum Gasteiger partial charge on any atom is -0.465 e. The monoisotopic (exact) mass is 688 g/mol. The number of hydrogen-bond acceptors (Lipinski definition) is 15. The number of imide groups is 1. The molecular weight excluding hydrogens is 647 g/mol. The van der Waals surface area contributed by atoms with Crippen LogP contribution in [0.5, 0.6) is 0 Å². The third-order valence-corrected chi connectivity index (χ3v) is 9.38. The lowest BCUT2D eigenvalue weighted by Gasteiger charge is -2.72. The molecule has 0 aromatic heterocycles. The summed E-state index contributed by atoms with van der Waals surface area (Å²) in [6.45, 7) is 10.2. The molecule has 3 fully saturated rings. The van der Waals surface area contributed by atoms with Crippen LogP contribution in [0.15, 0.2) is 0 Å². The minimum atomic E-state index is -2.81. The molecule has 3 rings (SSSR count). The molecule has 1 saturated carbocycles. The van der Waals surface area contributed by atoms with Crippen LogP contribution in [0.2, 0.25) is 0 Å². The highest BCUT2D eigenvalue weighted by molar-refractivity contribution is 6.06. The lowest BCUT2D eigenvalue weighted by Crippen LogP contribution is -2.90. The number of fused-ring (bicyclic) bond motifs is 1. The number of carbonyl (C=O) groups is 8. The highest BCUT2D eigenvalue weighted by atomic mass is 19.1. The van der Waals surface area contributed by atoms with Crippen molar-refractivity contribution in [3.05, 3.63) is 0 Å². The van der Waals surface area contributed by atoms with Gasteiger partial charge in [0.25, 0.3) is 5.91 Å². The van der Waals surface area contributed by atoms with Crippen molar-refractivity contribution in [1.82, 2.24) is 10.2 Å². The minimum absolute atomic E-state index is 0.636. The molecule has 0 aromatic carbocycles. The number of alkyl halides is 1. The molecular formula is C30H41FN2O15. The predicted molar refractivity (Wildman–Crippen MR) is 154 cm³/mol. The fourth-order valence-electron chi connectivity index (χ4n) is 6.77. The van der Waals surface area contributed by atoms with Gasteiger partial charge < -0.3 is 33.2 Å². The number of rotatable bonds is 10.